The molecule has 0 aliphatic rings. The molecule has 7 nitrogen and oxygen atoms in total. The van der Waals surface area contributed by atoms with E-state index in [9.17, 15) is 14.9 Å². The summed E-state index contributed by atoms with van der Waals surface area (Å²) in [6, 6.07) is 5.90. The second kappa shape index (κ2) is 6.06. The van der Waals surface area contributed by atoms with Crippen LogP contribution in [-0.2, 0) is 0 Å². The first-order chi connectivity index (χ1) is 9.88. The van der Waals surface area contributed by atoms with Crippen LogP contribution in [0.15, 0.2) is 34.9 Å². The predicted octanol–water partition coefficient (Wildman–Crippen LogP) is 3.24. The minimum absolute atomic E-state index is 0.0870. The van der Waals surface area contributed by atoms with Gasteiger partial charge in [0.1, 0.15) is 12.0 Å². The van der Waals surface area contributed by atoms with Crippen LogP contribution in [0, 0.1) is 10.1 Å². The fourth-order valence-electron chi connectivity index (χ4n) is 1.53. The second-order valence-corrected chi connectivity index (χ2v) is 5.25. The third-order valence-corrected chi connectivity index (χ3v) is 3.46. The number of nitrogens with two attached hydrogens (primary N) is 1. The zero-order chi connectivity index (χ0) is 15.6. The van der Waals surface area contributed by atoms with Crippen LogP contribution in [0.3, 0.4) is 0 Å². The summed E-state index contributed by atoms with van der Waals surface area (Å²) in [5, 5.41) is 13.7. The Kier molecular flexibility index (Phi) is 4.39. The topological polar surface area (TPSA) is 111 Å². The lowest BCUT2D eigenvalue weighted by molar-refractivity contribution is -0.385. The number of pyridine rings is 1. The molecule has 0 spiro atoms. The van der Waals surface area contributed by atoms with E-state index in [1.807, 2.05) is 0 Å². The summed E-state index contributed by atoms with van der Waals surface area (Å²) in [5.41, 5.74) is 5.59. The maximum absolute atomic E-state index is 12.2. The van der Waals surface area contributed by atoms with Gasteiger partial charge in [-0.2, -0.15) is 0 Å². The van der Waals surface area contributed by atoms with Gasteiger partial charge in [-0.1, -0.05) is 11.6 Å². The summed E-state index contributed by atoms with van der Waals surface area (Å²) < 4.78 is 0.609. The van der Waals surface area contributed by atoms with Crippen molar-refractivity contribution in [1.29, 1.82) is 0 Å². The Labute approximate surface area is 132 Å². The molecule has 1 amide bonds. The first-order valence-electron chi connectivity index (χ1n) is 5.55. The van der Waals surface area contributed by atoms with Crippen molar-refractivity contribution in [3.63, 3.8) is 0 Å². The summed E-state index contributed by atoms with van der Waals surface area (Å²) in [4.78, 5) is 25.9. The van der Waals surface area contributed by atoms with E-state index in [4.69, 9.17) is 17.3 Å². The van der Waals surface area contributed by atoms with Gasteiger partial charge in [-0.25, -0.2) is 4.98 Å². The molecule has 21 heavy (non-hydrogen) atoms. The van der Waals surface area contributed by atoms with Gasteiger partial charge in [0.15, 0.2) is 0 Å². The average molecular weight is 372 g/mol. The standard InChI is InChI=1S/C12H8BrClN4O3/c13-9-2-1-6(14)3-10(9)17-12(19)8-4-7(18(20)21)5-16-11(8)15/h1-5H,(H2,15,16)(H,17,19). The summed E-state index contributed by atoms with van der Waals surface area (Å²) in [6.07, 6.45) is 0.988. The molecule has 0 bridgehead atoms. The van der Waals surface area contributed by atoms with Crippen LogP contribution in [0.5, 0.6) is 0 Å². The Morgan fingerprint density at radius 2 is 2.14 bits per heavy atom. The van der Waals surface area contributed by atoms with Gasteiger partial charge in [-0.3, -0.25) is 14.9 Å². The number of rotatable bonds is 3. The molecule has 0 atom stereocenters. The van der Waals surface area contributed by atoms with Crippen molar-refractivity contribution in [2.24, 2.45) is 0 Å². The van der Waals surface area contributed by atoms with Crippen molar-refractivity contribution < 1.29 is 9.72 Å². The summed E-state index contributed by atoms with van der Waals surface area (Å²) in [6.45, 7) is 0. The highest BCUT2D eigenvalue weighted by atomic mass is 79.9. The number of anilines is 2. The van der Waals surface area contributed by atoms with Gasteiger partial charge < -0.3 is 11.1 Å². The normalized spacial score (nSPS) is 10.2. The van der Waals surface area contributed by atoms with Crippen molar-refractivity contribution in [3.05, 3.63) is 55.6 Å². The number of nitrogens with zero attached hydrogens (tertiary/aromatic N) is 2. The van der Waals surface area contributed by atoms with Crippen LogP contribution < -0.4 is 11.1 Å². The Hall–Kier alpha value is -2.19. The zero-order valence-electron chi connectivity index (χ0n) is 10.3. The number of aromatic nitrogens is 1. The van der Waals surface area contributed by atoms with Gasteiger partial charge in [-0.05, 0) is 34.1 Å². The molecule has 0 fully saturated rings. The number of nitro groups is 1. The minimum Gasteiger partial charge on any atom is -0.383 e. The average Bonchev–Trinajstić information content (AvgIpc) is 2.43. The molecule has 2 rings (SSSR count). The molecule has 0 radical (unpaired) electrons. The molecule has 0 unspecified atom stereocenters. The number of nitrogen functional groups attached to an aromatic ring is 1. The second-order valence-electron chi connectivity index (χ2n) is 3.96. The molecule has 0 saturated heterocycles. The van der Waals surface area contributed by atoms with E-state index >= 15 is 0 Å². The van der Waals surface area contributed by atoms with Gasteiger partial charge in [0.25, 0.3) is 11.6 Å². The molecule has 108 valence electrons. The summed E-state index contributed by atoms with van der Waals surface area (Å²) >= 11 is 9.11. The van der Waals surface area contributed by atoms with E-state index in [0.717, 1.165) is 12.3 Å². The van der Waals surface area contributed by atoms with Crippen molar-refractivity contribution >= 4 is 50.6 Å². The van der Waals surface area contributed by atoms with Crippen LogP contribution >= 0.6 is 27.5 Å². The number of benzene rings is 1. The lowest BCUT2D eigenvalue weighted by atomic mass is 10.2. The molecule has 1 aromatic heterocycles. The Morgan fingerprint density at radius 1 is 1.43 bits per heavy atom. The number of nitrogens with one attached hydrogen (secondary N) is 1. The molecule has 1 heterocycles. The lowest BCUT2D eigenvalue weighted by Gasteiger charge is -2.09. The van der Waals surface area contributed by atoms with E-state index in [1.165, 1.54) is 6.07 Å². The Balaban J connectivity index is 2.34. The zero-order valence-corrected chi connectivity index (χ0v) is 12.7. The number of halogens is 2. The minimum atomic E-state index is -0.654. The predicted molar refractivity (Wildman–Crippen MR) is 82.4 cm³/mol. The SMILES string of the molecule is Nc1ncc([N+](=O)[O-])cc1C(=O)Nc1cc(Cl)ccc1Br. The largest absolute Gasteiger partial charge is 0.383 e. The van der Waals surface area contributed by atoms with Gasteiger partial charge in [-0.15, -0.1) is 0 Å². The van der Waals surface area contributed by atoms with Crippen molar-refractivity contribution in [2.75, 3.05) is 11.1 Å². The smallest absolute Gasteiger partial charge is 0.288 e. The third-order valence-electron chi connectivity index (χ3n) is 2.54. The van der Waals surface area contributed by atoms with Gasteiger partial charge in [0, 0.05) is 15.6 Å². The monoisotopic (exact) mass is 370 g/mol. The molecule has 3 N–H and O–H groups in total. The molecule has 0 aliphatic carbocycles. The summed E-state index contributed by atoms with van der Waals surface area (Å²) in [7, 11) is 0. The maximum Gasteiger partial charge on any atom is 0.288 e. The maximum atomic E-state index is 12.2. The van der Waals surface area contributed by atoms with Crippen molar-refractivity contribution in [3.8, 4) is 0 Å². The van der Waals surface area contributed by atoms with Crippen molar-refractivity contribution in [1.82, 2.24) is 4.98 Å². The first kappa shape index (κ1) is 15.2. The fraction of sp³-hybridized carbons (Fsp3) is 0. The van der Waals surface area contributed by atoms with E-state index in [-0.39, 0.29) is 17.1 Å². The van der Waals surface area contributed by atoms with Crippen LogP contribution in [0.1, 0.15) is 10.4 Å². The molecular weight excluding hydrogens is 364 g/mol. The van der Waals surface area contributed by atoms with Crippen molar-refractivity contribution in [2.45, 2.75) is 0 Å². The van der Waals surface area contributed by atoms with E-state index in [1.54, 1.807) is 12.1 Å². The molecule has 0 saturated carbocycles. The lowest BCUT2D eigenvalue weighted by Crippen LogP contribution is -2.15. The van der Waals surface area contributed by atoms with E-state index < -0.39 is 10.8 Å². The number of amides is 1. The molecule has 1 aromatic carbocycles. The van der Waals surface area contributed by atoms with Gasteiger partial charge in [0.05, 0.1) is 16.2 Å². The third kappa shape index (κ3) is 3.47. The van der Waals surface area contributed by atoms with E-state index in [2.05, 4.69) is 26.2 Å². The first-order valence-corrected chi connectivity index (χ1v) is 6.72. The molecule has 0 aliphatic heterocycles. The van der Waals surface area contributed by atoms with Gasteiger partial charge >= 0.3 is 0 Å². The van der Waals surface area contributed by atoms with Crippen LogP contribution in [0.25, 0.3) is 0 Å². The number of hydrogen-bond donors (Lipinski definition) is 2. The van der Waals surface area contributed by atoms with Crippen LogP contribution in [-0.4, -0.2) is 15.8 Å². The Morgan fingerprint density at radius 3 is 2.81 bits per heavy atom. The fourth-order valence-corrected chi connectivity index (χ4v) is 2.05. The summed E-state index contributed by atoms with van der Waals surface area (Å²) in [5.74, 6) is -0.720. The highest BCUT2D eigenvalue weighted by Crippen LogP contribution is 2.27. The molecule has 2 aromatic rings. The number of carbonyl (C=O) groups excluding carboxylic acids is 1. The van der Waals surface area contributed by atoms with Gasteiger partial charge in [0.2, 0.25) is 0 Å². The quantitative estimate of drug-likeness (QED) is 0.635. The highest BCUT2D eigenvalue weighted by Gasteiger charge is 2.17. The van der Waals surface area contributed by atoms with E-state index in [0.29, 0.717) is 15.2 Å². The molecular formula is C12H8BrClN4O3. The highest BCUT2D eigenvalue weighted by molar-refractivity contribution is 9.10. The Bertz CT molecular complexity index is 738. The number of carbonyl (C=O) groups is 1. The number of hydrogen-bond acceptors (Lipinski definition) is 5. The van der Waals surface area contributed by atoms with Crippen LogP contribution in [0.4, 0.5) is 17.2 Å². The van der Waals surface area contributed by atoms with Crippen LogP contribution in [0.2, 0.25) is 5.02 Å². The molecule has 9 heteroatoms.